The molecule has 1 aliphatic heterocycles. The molecule has 1 aromatic rings. The number of nitrogens with two attached hydrogens (primary N) is 1. The summed E-state index contributed by atoms with van der Waals surface area (Å²) in [7, 11) is 1.85. The van der Waals surface area contributed by atoms with Gasteiger partial charge in [0.25, 0.3) is 0 Å². The molecule has 0 aliphatic carbocycles. The van der Waals surface area contributed by atoms with E-state index < -0.39 is 0 Å². The van der Waals surface area contributed by atoms with Crippen molar-refractivity contribution < 1.29 is 9.53 Å². The van der Waals surface area contributed by atoms with Crippen molar-refractivity contribution in [2.75, 3.05) is 13.7 Å². The highest BCUT2D eigenvalue weighted by atomic mass is 16.5. The van der Waals surface area contributed by atoms with Crippen molar-refractivity contribution in [3.05, 3.63) is 35.4 Å². The van der Waals surface area contributed by atoms with E-state index in [1.54, 1.807) is 4.90 Å². The number of carbonyl (C=O) groups excluding carboxylic acids is 1. The first-order valence-electron chi connectivity index (χ1n) is 7.32. The minimum Gasteiger partial charge on any atom is -0.378 e. The van der Waals surface area contributed by atoms with Crippen LogP contribution in [-0.2, 0) is 22.6 Å². The molecule has 0 spiro atoms. The molecule has 1 saturated heterocycles. The van der Waals surface area contributed by atoms with Crippen LogP contribution >= 0.6 is 0 Å². The highest BCUT2D eigenvalue weighted by Crippen LogP contribution is 2.17. The third-order valence-corrected chi connectivity index (χ3v) is 3.75. The molecule has 1 heterocycles. The number of carbonyl (C=O) groups is 1. The summed E-state index contributed by atoms with van der Waals surface area (Å²) in [6, 6.07) is 8.07. The number of rotatable bonds is 5. The molecule has 1 aliphatic rings. The molecule has 0 radical (unpaired) electrons. The lowest BCUT2D eigenvalue weighted by Crippen LogP contribution is -2.31. The van der Waals surface area contributed by atoms with Crippen LogP contribution in [0.25, 0.3) is 0 Å². The van der Waals surface area contributed by atoms with Gasteiger partial charge in [-0.3, -0.25) is 4.79 Å². The molecule has 1 amide bonds. The molecule has 110 valence electrons. The Morgan fingerprint density at radius 1 is 1.40 bits per heavy atom. The quantitative estimate of drug-likeness (QED) is 0.895. The topological polar surface area (TPSA) is 55.6 Å². The fourth-order valence-electron chi connectivity index (χ4n) is 2.54. The van der Waals surface area contributed by atoms with Gasteiger partial charge in [-0.2, -0.15) is 0 Å². The summed E-state index contributed by atoms with van der Waals surface area (Å²) in [4.78, 5) is 14.0. The smallest absolute Gasteiger partial charge is 0.225 e. The van der Waals surface area contributed by atoms with Crippen molar-refractivity contribution in [1.82, 2.24) is 4.90 Å². The number of nitrogens with zero attached hydrogens (tertiary/aromatic N) is 1. The Morgan fingerprint density at radius 3 is 2.90 bits per heavy atom. The fourth-order valence-corrected chi connectivity index (χ4v) is 2.54. The minimum atomic E-state index is 0.106. The van der Waals surface area contributed by atoms with Gasteiger partial charge >= 0.3 is 0 Å². The van der Waals surface area contributed by atoms with Gasteiger partial charge in [-0.1, -0.05) is 24.3 Å². The molecule has 2 N–H and O–H groups in total. The molecule has 20 heavy (non-hydrogen) atoms. The van der Waals surface area contributed by atoms with Crippen molar-refractivity contribution in [3.63, 3.8) is 0 Å². The second kappa shape index (κ2) is 7.41. The van der Waals surface area contributed by atoms with Gasteiger partial charge in [0.15, 0.2) is 0 Å². The van der Waals surface area contributed by atoms with Crippen molar-refractivity contribution in [1.29, 1.82) is 0 Å². The molecule has 2 rings (SSSR count). The molecule has 4 heteroatoms. The van der Waals surface area contributed by atoms with Gasteiger partial charge in [0.05, 0.1) is 12.5 Å². The predicted molar refractivity (Wildman–Crippen MR) is 79.0 cm³/mol. The molecule has 4 nitrogen and oxygen atoms in total. The van der Waals surface area contributed by atoms with E-state index in [1.165, 1.54) is 6.42 Å². The third kappa shape index (κ3) is 4.32. The number of hydrogen-bond acceptors (Lipinski definition) is 3. The van der Waals surface area contributed by atoms with E-state index in [1.807, 2.05) is 25.2 Å². The summed E-state index contributed by atoms with van der Waals surface area (Å²) in [6.45, 7) is 1.95. The number of hydrogen-bond donors (Lipinski definition) is 1. The van der Waals surface area contributed by atoms with E-state index in [0.29, 0.717) is 19.5 Å². The van der Waals surface area contributed by atoms with Crippen LogP contribution in [0.15, 0.2) is 24.3 Å². The highest BCUT2D eigenvalue weighted by Gasteiger charge is 2.19. The predicted octanol–water partition coefficient (Wildman–Crippen LogP) is 2.06. The standard InChI is InChI=1S/C16H24N2O2/c1-18(12-14-6-4-5-13(9-14)11-17)16(19)10-15-7-2-3-8-20-15/h4-6,9,15H,2-3,7-8,10-12,17H2,1H3. The van der Waals surface area contributed by atoms with Gasteiger partial charge in [-0.25, -0.2) is 0 Å². The summed E-state index contributed by atoms with van der Waals surface area (Å²) < 4.78 is 5.62. The Morgan fingerprint density at radius 2 is 2.20 bits per heavy atom. The monoisotopic (exact) mass is 276 g/mol. The largest absolute Gasteiger partial charge is 0.378 e. The zero-order valence-corrected chi connectivity index (χ0v) is 12.2. The van der Waals surface area contributed by atoms with Crippen LogP contribution in [-0.4, -0.2) is 30.6 Å². The molecular formula is C16H24N2O2. The number of benzene rings is 1. The second-order valence-electron chi connectivity index (χ2n) is 5.47. The van der Waals surface area contributed by atoms with E-state index in [9.17, 15) is 4.79 Å². The third-order valence-electron chi connectivity index (χ3n) is 3.75. The molecule has 0 bridgehead atoms. The first kappa shape index (κ1) is 15.0. The Bertz CT molecular complexity index is 442. The zero-order chi connectivity index (χ0) is 14.4. The molecule has 1 atom stereocenters. The van der Waals surface area contributed by atoms with Crippen LogP contribution in [0.1, 0.15) is 36.8 Å². The van der Waals surface area contributed by atoms with E-state index in [0.717, 1.165) is 30.6 Å². The van der Waals surface area contributed by atoms with E-state index in [2.05, 4.69) is 6.07 Å². The zero-order valence-electron chi connectivity index (χ0n) is 12.2. The maximum Gasteiger partial charge on any atom is 0.225 e. The summed E-state index contributed by atoms with van der Waals surface area (Å²) in [5.74, 6) is 0.148. The Balaban J connectivity index is 1.86. The molecule has 1 unspecified atom stereocenters. The van der Waals surface area contributed by atoms with Gasteiger partial charge in [-0.15, -0.1) is 0 Å². The lowest BCUT2D eigenvalue weighted by atomic mass is 10.1. The Kier molecular flexibility index (Phi) is 5.56. The van der Waals surface area contributed by atoms with Crippen LogP contribution in [0.5, 0.6) is 0 Å². The minimum absolute atomic E-state index is 0.106. The Hall–Kier alpha value is -1.39. The van der Waals surface area contributed by atoms with Gasteiger partial charge in [0, 0.05) is 26.7 Å². The van der Waals surface area contributed by atoms with E-state index in [-0.39, 0.29) is 12.0 Å². The fraction of sp³-hybridized carbons (Fsp3) is 0.562. The molecule has 0 aromatic heterocycles. The van der Waals surface area contributed by atoms with Gasteiger partial charge in [-0.05, 0) is 30.4 Å². The van der Waals surface area contributed by atoms with Gasteiger partial charge < -0.3 is 15.4 Å². The highest BCUT2D eigenvalue weighted by molar-refractivity contribution is 5.76. The number of amides is 1. The SMILES string of the molecule is CN(Cc1cccc(CN)c1)C(=O)CC1CCCCO1. The van der Waals surface area contributed by atoms with E-state index >= 15 is 0 Å². The van der Waals surface area contributed by atoms with Crippen LogP contribution in [0.3, 0.4) is 0 Å². The molecule has 1 aromatic carbocycles. The summed E-state index contributed by atoms with van der Waals surface area (Å²) in [5, 5.41) is 0. The first-order chi connectivity index (χ1) is 9.69. The van der Waals surface area contributed by atoms with Crippen molar-refractivity contribution >= 4 is 5.91 Å². The normalized spacial score (nSPS) is 18.8. The molecule has 1 fully saturated rings. The summed E-state index contributed by atoms with van der Waals surface area (Å²) in [5.41, 5.74) is 7.85. The van der Waals surface area contributed by atoms with Crippen molar-refractivity contribution in [2.24, 2.45) is 5.73 Å². The van der Waals surface area contributed by atoms with Crippen molar-refractivity contribution in [3.8, 4) is 0 Å². The summed E-state index contributed by atoms with van der Waals surface area (Å²) in [6.07, 6.45) is 3.89. The average Bonchev–Trinajstić information content (AvgIpc) is 2.48. The summed E-state index contributed by atoms with van der Waals surface area (Å²) >= 11 is 0. The lowest BCUT2D eigenvalue weighted by molar-refractivity contribution is -0.134. The van der Waals surface area contributed by atoms with Crippen LogP contribution in [0.2, 0.25) is 0 Å². The lowest BCUT2D eigenvalue weighted by Gasteiger charge is -2.25. The second-order valence-corrected chi connectivity index (χ2v) is 5.47. The van der Waals surface area contributed by atoms with Crippen LogP contribution in [0.4, 0.5) is 0 Å². The van der Waals surface area contributed by atoms with Crippen LogP contribution in [0, 0.1) is 0 Å². The number of ether oxygens (including phenoxy) is 1. The van der Waals surface area contributed by atoms with Crippen molar-refractivity contribution in [2.45, 2.75) is 44.9 Å². The maximum absolute atomic E-state index is 12.2. The van der Waals surface area contributed by atoms with Gasteiger partial charge in [0.1, 0.15) is 0 Å². The van der Waals surface area contributed by atoms with Crippen LogP contribution < -0.4 is 5.73 Å². The molecule has 0 saturated carbocycles. The van der Waals surface area contributed by atoms with E-state index in [4.69, 9.17) is 10.5 Å². The maximum atomic E-state index is 12.2. The van der Waals surface area contributed by atoms with Gasteiger partial charge in [0.2, 0.25) is 5.91 Å². The molecular weight excluding hydrogens is 252 g/mol. The Labute approximate surface area is 120 Å². The average molecular weight is 276 g/mol. The first-order valence-corrected chi connectivity index (χ1v) is 7.32.